The van der Waals surface area contributed by atoms with E-state index in [1.807, 2.05) is 13.0 Å². The number of unbranched alkanes of at least 4 members (excludes halogenated alkanes) is 1. The second-order valence-electron chi connectivity index (χ2n) is 7.37. The molecular weight excluding hydrogens is 359 g/mol. The minimum absolute atomic E-state index is 0.160. The molecule has 0 bridgehead atoms. The molecule has 0 atom stereocenters. The van der Waals surface area contributed by atoms with E-state index in [2.05, 4.69) is 83.0 Å². The molecule has 166 valence electrons. The van der Waals surface area contributed by atoms with Gasteiger partial charge in [-0.05, 0) is 83.8 Å². The Morgan fingerprint density at radius 1 is 0.655 bits per heavy atom. The first-order valence-electron chi connectivity index (χ1n) is 10.9. The van der Waals surface area contributed by atoms with Gasteiger partial charge in [-0.3, -0.25) is 0 Å². The summed E-state index contributed by atoms with van der Waals surface area (Å²) in [6, 6.07) is 17.0. The number of halogens is 1. The van der Waals surface area contributed by atoms with Crippen LogP contribution in [0.15, 0.2) is 54.6 Å². The summed E-state index contributed by atoms with van der Waals surface area (Å²) in [6.45, 7) is 10.9. The highest BCUT2D eigenvalue weighted by atomic mass is 19.1. The minimum Gasteiger partial charge on any atom is -0.310 e. The third-order valence-corrected chi connectivity index (χ3v) is 4.16. The lowest BCUT2D eigenvalue weighted by atomic mass is 10.2. The number of aryl methyl sites for hydroxylation is 2. The fourth-order valence-electron chi connectivity index (χ4n) is 1.91. The van der Waals surface area contributed by atoms with Crippen LogP contribution in [0, 0.1) is 5.82 Å². The zero-order valence-electron chi connectivity index (χ0n) is 20.2. The van der Waals surface area contributed by atoms with Crippen molar-refractivity contribution >= 4 is 0 Å². The summed E-state index contributed by atoms with van der Waals surface area (Å²) in [7, 11) is 8.32. The Labute approximate surface area is 180 Å². The van der Waals surface area contributed by atoms with Crippen LogP contribution in [-0.2, 0) is 12.8 Å². The van der Waals surface area contributed by atoms with Crippen molar-refractivity contribution in [3.05, 3.63) is 71.5 Å². The molecule has 2 nitrogen and oxygen atoms in total. The van der Waals surface area contributed by atoms with Crippen LogP contribution >= 0.6 is 0 Å². The van der Waals surface area contributed by atoms with Crippen molar-refractivity contribution in [2.24, 2.45) is 0 Å². The van der Waals surface area contributed by atoms with Gasteiger partial charge >= 0.3 is 0 Å². The van der Waals surface area contributed by atoms with E-state index in [1.165, 1.54) is 42.6 Å². The third kappa shape index (κ3) is 22.4. The van der Waals surface area contributed by atoms with Gasteiger partial charge < -0.3 is 9.80 Å². The predicted octanol–water partition coefficient (Wildman–Crippen LogP) is 6.55. The zero-order chi connectivity index (χ0) is 22.5. The Morgan fingerprint density at radius 3 is 1.38 bits per heavy atom. The van der Waals surface area contributed by atoms with Crippen molar-refractivity contribution in [3.63, 3.8) is 0 Å². The highest BCUT2D eigenvalue weighted by Crippen LogP contribution is 2.02. The molecule has 0 N–H and O–H groups in total. The van der Waals surface area contributed by atoms with Crippen molar-refractivity contribution in [2.75, 3.05) is 41.3 Å². The van der Waals surface area contributed by atoms with E-state index >= 15 is 0 Å². The van der Waals surface area contributed by atoms with E-state index < -0.39 is 0 Å². The minimum atomic E-state index is -0.160. The second kappa shape index (κ2) is 21.0. The highest BCUT2D eigenvalue weighted by Gasteiger charge is 1.87. The molecule has 0 saturated heterocycles. The number of hydrogen-bond donors (Lipinski definition) is 0. The summed E-state index contributed by atoms with van der Waals surface area (Å²) in [5.74, 6) is -0.160. The molecule has 2 aromatic rings. The normalized spacial score (nSPS) is 9.62. The van der Waals surface area contributed by atoms with Crippen LogP contribution in [0.25, 0.3) is 0 Å². The lowest BCUT2D eigenvalue weighted by Crippen LogP contribution is -2.12. The largest absolute Gasteiger partial charge is 0.310 e. The fraction of sp³-hybridized carbons (Fsp3) is 0.538. The van der Waals surface area contributed by atoms with Gasteiger partial charge in [0.05, 0.1) is 0 Å². The van der Waals surface area contributed by atoms with Crippen molar-refractivity contribution in [1.29, 1.82) is 0 Å². The van der Waals surface area contributed by atoms with Gasteiger partial charge in [0, 0.05) is 0 Å². The van der Waals surface area contributed by atoms with Crippen LogP contribution in [0.4, 0.5) is 4.39 Å². The summed E-state index contributed by atoms with van der Waals surface area (Å²) in [4.78, 5) is 4.34. The molecule has 0 unspecified atom stereocenters. The third-order valence-electron chi connectivity index (χ3n) is 4.16. The van der Waals surface area contributed by atoms with Crippen LogP contribution < -0.4 is 0 Å². The topological polar surface area (TPSA) is 6.48 Å². The Kier molecular flexibility index (Phi) is 21.4. The molecule has 0 spiro atoms. The zero-order valence-corrected chi connectivity index (χ0v) is 20.2. The molecule has 0 aromatic heterocycles. The van der Waals surface area contributed by atoms with E-state index in [0.29, 0.717) is 0 Å². The van der Waals surface area contributed by atoms with E-state index in [0.717, 1.165) is 19.4 Å². The van der Waals surface area contributed by atoms with Gasteiger partial charge in [-0.15, -0.1) is 0 Å². The predicted molar refractivity (Wildman–Crippen MR) is 129 cm³/mol. The average molecular weight is 405 g/mol. The Bertz CT molecular complexity index is 551. The van der Waals surface area contributed by atoms with Crippen molar-refractivity contribution in [3.8, 4) is 0 Å². The van der Waals surface area contributed by atoms with Crippen LogP contribution in [0.3, 0.4) is 0 Å². The monoisotopic (exact) mass is 404 g/mol. The van der Waals surface area contributed by atoms with Gasteiger partial charge in [-0.25, -0.2) is 4.39 Å². The quantitative estimate of drug-likeness (QED) is 0.538. The van der Waals surface area contributed by atoms with Crippen LogP contribution in [0.1, 0.15) is 51.7 Å². The Hall–Kier alpha value is -1.71. The maximum absolute atomic E-state index is 12.2. The van der Waals surface area contributed by atoms with E-state index in [-0.39, 0.29) is 5.82 Å². The first kappa shape index (κ1) is 29.5. The molecule has 0 heterocycles. The molecule has 0 fully saturated rings. The molecule has 0 radical (unpaired) electrons. The Balaban J connectivity index is 0. The molecule has 2 rings (SSSR count). The van der Waals surface area contributed by atoms with Crippen LogP contribution in [0.5, 0.6) is 0 Å². The second-order valence-corrected chi connectivity index (χ2v) is 7.37. The van der Waals surface area contributed by atoms with E-state index in [1.54, 1.807) is 12.1 Å². The molecular formula is C26H45FN2. The SMILES string of the molecule is CCCCN(C)C.CCN(C)C.CCc1ccc(F)cc1.CCc1ccccc1. The smallest absolute Gasteiger partial charge is 0.123 e. The number of benzene rings is 2. The fourth-order valence-corrected chi connectivity index (χ4v) is 1.91. The molecule has 3 heteroatoms. The van der Waals surface area contributed by atoms with Gasteiger partial charge in [0.2, 0.25) is 0 Å². The van der Waals surface area contributed by atoms with Crippen LogP contribution in [-0.4, -0.2) is 51.1 Å². The van der Waals surface area contributed by atoms with Gasteiger partial charge in [0.1, 0.15) is 5.82 Å². The maximum Gasteiger partial charge on any atom is 0.123 e. The van der Waals surface area contributed by atoms with E-state index in [4.69, 9.17) is 0 Å². The summed E-state index contributed by atoms with van der Waals surface area (Å²) in [6.07, 6.45) is 4.74. The Morgan fingerprint density at radius 2 is 1.10 bits per heavy atom. The van der Waals surface area contributed by atoms with Crippen molar-refractivity contribution in [1.82, 2.24) is 9.80 Å². The van der Waals surface area contributed by atoms with Crippen LogP contribution in [0.2, 0.25) is 0 Å². The summed E-state index contributed by atoms with van der Waals surface area (Å²) in [5.41, 5.74) is 2.59. The van der Waals surface area contributed by atoms with Crippen molar-refractivity contribution in [2.45, 2.75) is 53.4 Å². The maximum atomic E-state index is 12.2. The average Bonchev–Trinajstić information content (AvgIpc) is 2.74. The summed E-state index contributed by atoms with van der Waals surface area (Å²) < 4.78 is 12.2. The molecule has 29 heavy (non-hydrogen) atoms. The summed E-state index contributed by atoms with van der Waals surface area (Å²) >= 11 is 0. The molecule has 0 aliphatic heterocycles. The van der Waals surface area contributed by atoms with E-state index in [9.17, 15) is 4.39 Å². The first-order valence-corrected chi connectivity index (χ1v) is 10.9. The molecule has 0 saturated carbocycles. The number of rotatable bonds is 6. The molecule has 2 aromatic carbocycles. The molecule has 0 aliphatic rings. The first-order chi connectivity index (χ1) is 13.8. The molecule has 0 aliphatic carbocycles. The van der Waals surface area contributed by atoms with Gasteiger partial charge in [0.25, 0.3) is 0 Å². The molecule has 0 amide bonds. The van der Waals surface area contributed by atoms with Crippen molar-refractivity contribution < 1.29 is 4.39 Å². The number of hydrogen-bond acceptors (Lipinski definition) is 2. The standard InChI is InChI=1S/C8H9F.C8H10.C6H15N.C4H11N/c1-2-7-3-5-8(9)6-4-7;1-2-8-6-4-3-5-7-8;1-4-5-6-7(2)3;1-4-5(2)3/h3-6H,2H2,1H3;3-7H,2H2,1H3;4-6H2,1-3H3;4H2,1-3H3. The lowest BCUT2D eigenvalue weighted by molar-refractivity contribution is 0.398. The highest BCUT2D eigenvalue weighted by molar-refractivity contribution is 5.15. The number of nitrogens with zero attached hydrogens (tertiary/aromatic N) is 2. The van der Waals surface area contributed by atoms with Gasteiger partial charge in [0.15, 0.2) is 0 Å². The van der Waals surface area contributed by atoms with Gasteiger partial charge in [-0.1, -0.05) is 76.6 Å². The summed E-state index contributed by atoms with van der Waals surface area (Å²) in [5, 5.41) is 0. The van der Waals surface area contributed by atoms with Gasteiger partial charge in [-0.2, -0.15) is 0 Å². The lowest BCUT2D eigenvalue weighted by Gasteiger charge is -2.05.